The van der Waals surface area contributed by atoms with Gasteiger partial charge in [-0.15, -0.1) is 0 Å². The van der Waals surface area contributed by atoms with E-state index in [9.17, 15) is 5.11 Å². The Bertz CT molecular complexity index is 1120. The minimum Gasteiger partial charge on any atom is -0.872 e. The van der Waals surface area contributed by atoms with Crippen molar-refractivity contribution in [1.82, 2.24) is 0 Å². The van der Waals surface area contributed by atoms with Gasteiger partial charge in [-0.1, -0.05) is 110 Å². The van der Waals surface area contributed by atoms with Gasteiger partial charge in [0.25, 0.3) is 0 Å². The summed E-state index contributed by atoms with van der Waals surface area (Å²) in [5, 5.41) is 13.5. The molecule has 4 heteroatoms. The molecule has 0 N–H and O–H groups in total. The third-order valence-corrected chi connectivity index (χ3v) is 6.64. The third-order valence-electron chi connectivity index (χ3n) is 6.64. The molecule has 0 saturated heterocycles. The summed E-state index contributed by atoms with van der Waals surface area (Å²) in [6, 6.07) is 16.6. The van der Waals surface area contributed by atoms with Crippen LogP contribution in [0.3, 0.4) is 0 Å². The van der Waals surface area contributed by atoms with Gasteiger partial charge in [-0.3, -0.25) is 9.98 Å². The predicted octanol–water partition coefficient (Wildman–Crippen LogP) is 6.07. The van der Waals surface area contributed by atoms with Crippen LogP contribution < -0.4 is 34.7 Å². The van der Waals surface area contributed by atoms with Gasteiger partial charge in [-0.05, 0) is 69.5 Å². The number of hydrogen-bond donors (Lipinski definition) is 0. The molecule has 0 heterocycles. The number of rotatable bonds is 8. The molecule has 3 aromatic rings. The fraction of sp³-hybridized carbons (Fsp3) is 0.394. The van der Waals surface area contributed by atoms with Gasteiger partial charge in [0, 0.05) is 12.4 Å². The first-order valence-electron chi connectivity index (χ1n) is 13.2. The maximum atomic E-state index is 13.5. The quantitative estimate of drug-likeness (QED) is 0.271. The van der Waals surface area contributed by atoms with Gasteiger partial charge in [0.1, 0.15) is 0 Å². The molecule has 0 amide bonds. The summed E-state index contributed by atoms with van der Waals surface area (Å²) in [6.45, 7) is 19.4. The molecule has 0 unspecified atom stereocenters. The molecule has 3 nitrogen and oxygen atoms in total. The Balaban J connectivity index is 0.00000481. The number of benzene rings is 3. The van der Waals surface area contributed by atoms with Crippen LogP contribution in [0.15, 0.2) is 58.5 Å². The van der Waals surface area contributed by atoms with Gasteiger partial charge in [0.05, 0.1) is 11.4 Å². The number of hydrogen-bond acceptors (Lipinski definition) is 3. The molecular formula is C33H41N2NaO. The van der Waals surface area contributed by atoms with Crippen LogP contribution in [0, 0.1) is 6.92 Å². The molecule has 0 aromatic heterocycles. The molecule has 0 radical (unpaired) electrons. The van der Waals surface area contributed by atoms with E-state index >= 15 is 0 Å². The van der Waals surface area contributed by atoms with Crippen molar-refractivity contribution in [2.24, 2.45) is 9.98 Å². The van der Waals surface area contributed by atoms with E-state index in [0.717, 1.165) is 16.9 Å². The number of aliphatic imine (C=N–C) groups is 2. The normalized spacial score (nSPS) is 12.0. The summed E-state index contributed by atoms with van der Waals surface area (Å²) >= 11 is 0. The van der Waals surface area contributed by atoms with Crippen LogP contribution in [0.2, 0.25) is 0 Å². The second-order valence-corrected chi connectivity index (χ2v) is 11.0. The fourth-order valence-electron chi connectivity index (χ4n) is 4.61. The van der Waals surface area contributed by atoms with E-state index in [4.69, 9.17) is 9.98 Å². The molecule has 0 saturated carbocycles. The number of para-hydroxylation sites is 2. The zero-order valence-corrected chi connectivity index (χ0v) is 26.4. The summed E-state index contributed by atoms with van der Waals surface area (Å²) in [7, 11) is 0. The third kappa shape index (κ3) is 7.44. The van der Waals surface area contributed by atoms with E-state index in [1.807, 2.05) is 19.1 Å². The van der Waals surface area contributed by atoms with Crippen molar-refractivity contribution in [3.8, 4) is 5.75 Å². The Morgan fingerprint density at radius 2 is 0.892 bits per heavy atom. The first-order chi connectivity index (χ1) is 17.0. The second-order valence-electron chi connectivity index (χ2n) is 11.0. The Morgan fingerprint density at radius 3 is 1.16 bits per heavy atom. The maximum Gasteiger partial charge on any atom is 1.00 e. The van der Waals surface area contributed by atoms with Gasteiger partial charge < -0.3 is 5.11 Å². The van der Waals surface area contributed by atoms with Gasteiger partial charge in [0.2, 0.25) is 0 Å². The molecule has 190 valence electrons. The van der Waals surface area contributed by atoms with Gasteiger partial charge in [-0.2, -0.15) is 0 Å². The summed E-state index contributed by atoms with van der Waals surface area (Å²) in [5.41, 5.74) is 8.95. The van der Waals surface area contributed by atoms with Gasteiger partial charge in [-0.25, -0.2) is 0 Å². The Kier molecular flexibility index (Phi) is 11.4. The van der Waals surface area contributed by atoms with Crippen LogP contribution in [-0.4, -0.2) is 12.4 Å². The van der Waals surface area contributed by atoms with Gasteiger partial charge in [0.15, 0.2) is 0 Å². The second kappa shape index (κ2) is 13.6. The number of aryl methyl sites for hydroxylation is 1. The van der Waals surface area contributed by atoms with Crippen LogP contribution >= 0.6 is 0 Å². The van der Waals surface area contributed by atoms with E-state index in [1.165, 1.54) is 22.3 Å². The van der Waals surface area contributed by atoms with E-state index in [1.54, 1.807) is 12.4 Å². The monoisotopic (exact) mass is 504 g/mol. The Labute approximate surface area is 246 Å². The zero-order valence-electron chi connectivity index (χ0n) is 24.4. The standard InChI is InChI=1S/C33H42N2O.Na/c1-20(2)27-12-10-13-28(21(3)4)31(27)34-18-25-16-24(9)17-26(33(25)36)19-35-32-29(22(5)6)14-11-15-30(32)23(7)8;/h10-23,36H,1-9H3;/q;+1/p-1. The molecular weight excluding hydrogens is 463 g/mol. The minimum atomic E-state index is -0.0469. The molecule has 0 aliphatic carbocycles. The topological polar surface area (TPSA) is 47.8 Å². The molecule has 37 heavy (non-hydrogen) atoms. The van der Waals surface area contributed by atoms with Crippen LogP contribution in [0.1, 0.15) is 118 Å². The van der Waals surface area contributed by atoms with E-state index in [-0.39, 0.29) is 35.3 Å². The summed E-state index contributed by atoms with van der Waals surface area (Å²) < 4.78 is 0. The molecule has 0 bridgehead atoms. The van der Waals surface area contributed by atoms with E-state index in [2.05, 4.69) is 91.8 Å². The first-order valence-corrected chi connectivity index (χ1v) is 13.2. The molecule has 3 aromatic carbocycles. The smallest absolute Gasteiger partial charge is 0.872 e. The summed E-state index contributed by atoms with van der Waals surface area (Å²) in [4.78, 5) is 9.77. The van der Waals surface area contributed by atoms with Crippen molar-refractivity contribution in [1.29, 1.82) is 0 Å². The first kappa shape index (κ1) is 31.0. The van der Waals surface area contributed by atoms with Crippen molar-refractivity contribution in [3.05, 3.63) is 87.5 Å². The van der Waals surface area contributed by atoms with Crippen molar-refractivity contribution in [2.75, 3.05) is 0 Å². The maximum absolute atomic E-state index is 13.5. The Morgan fingerprint density at radius 1 is 0.595 bits per heavy atom. The molecule has 0 fully saturated rings. The molecule has 0 spiro atoms. The summed E-state index contributed by atoms with van der Waals surface area (Å²) in [5.74, 6) is 1.34. The Hall–Kier alpha value is -2.20. The van der Waals surface area contributed by atoms with Crippen molar-refractivity contribution >= 4 is 23.8 Å². The van der Waals surface area contributed by atoms with Crippen LogP contribution in [-0.2, 0) is 0 Å². The molecule has 0 aliphatic heterocycles. The van der Waals surface area contributed by atoms with Crippen molar-refractivity contribution in [3.63, 3.8) is 0 Å². The average Bonchev–Trinajstić information content (AvgIpc) is 2.82. The average molecular weight is 505 g/mol. The minimum absolute atomic E-state index is 0. The van der Waals surface area contributed by atoms with Crippen LogP contribution in [0.5, 0.6) is 5.75 Å². The van der Waals surface area contributed by atoms with Crippen molar-refractivity contribution in [2.45, 2.75) is 86.0 Å². The molecule has 3 rings (SSSR count). The van der Waals surface area contributed by atoms with E-state index in [0.29, 0.717) is 34.8 Å². The van der Waals surface area contributed by atoms with Gasteiger partial charge >= 0.3 is 29.6 Å². The number of nitrogens with zero attached hydrogens (tertiary/aromatic N) is 2. The predicted molar refractivity (Wildman–Crippen MR) is 154 cm³/mol. The fourth-order valence-corrected chi connectivity index (χ4v) is 4.61. The van der Waals surface area contributed by atoms with Crippen molar-refractivity contribution < 1.29 is 34.7 Å². The molecule has 0 aliphatic rings. The van der Waals surface area contributed by atoms with Crippen LogP contribution in [0.4, 0.5) is 11.4 Å². The van der Waals surface area contributed by atoms with E-state index < -0.39 is 0 Å². The van der Waals surface area contributed by atoms with Crippen LogP contribution in [0.25, 0.3) is 0 Å². The summed E-state index contributed by atoms with van der Waals surface area (Å²) in [6.07, 6.45) is 3.47. The largest absolute Gasteiger partial charge is 1.00 e. The zero-order chi connectivity index (χ0) is 26.6. The SMILES string of the molecule is Cc1cc(C=Nc2c(C(C)C)cccc2C(C)C)c([O-])c(C=Nc2c(C(C)C)cccc2C(C)C)c1.[Na+]. The molecule has 0 atom stereocenters.